The van der Waals surface area contributed by atoms with Crippen LogP contribution in [0.3, 0.4) is 0 Å². The van der Waals surface area contributed by atoms with E-state index in [9.17, 15) is 0 Å². The van der Waals surface area contributed by atoms with E-state index in [2.05, 4.69) is 17.1 Å². The molecular weight excluding hydrogens is 254 g/mol. The van der Waals surface area contributed by atoms with Crippen LogP contribution in [0.1, 0.15) is 49.6 Å². The Morgan fingerprint density at radius 1 is 1.32 bits per heavy atom. The van der Waals surface area contributed by atoms with Crippen LogP contribution in [0.2, 0.25) is 0 Å². The van der Waals surface area contributed by atoms with Crippen LogP contribution in [0.25, 0.3) is 0 Å². The van der Waals surface area contributed by atoms with Crippen LogP contribution >= 0.6 is 11.3 Å². The number of aryl methyl sites for hydroxylation is 1. The number of thiazole rings is 1. The first-order valence-corrected chi connectivity index (χ1v) is 8.55. The average molecular weight is 279 g/mol. The van der Waals surface area contributed by atoms with Crippen molar-refractivity contribution in [2.75, 3.05) is 18.5 Å². The second-order valence-corrected chi connectivity index (χ2v) is 6.91. The molecule has 19 heavy (non-hydrogen) atoms. The van der Waals surface area contributed by atoms with E-state index in [4.69, 9.17) is 4.98 Å². The summed E-state index contributed by atoms with van der Waals surface area (Å²) in [4.78, 5) is 9.00. The van der Waals surface area contributed by atoms with Gasteiger partial charge < -0.3 is 10.2 Å². The zero-order valence-electron chi connectivity index (χ0n) is 12.1. The van der Waals surface area contributed by atoms with Crippen LogP contribution in [-0.4, -0.2) is 24.6 Å². The van der Waals surface area contributed by atoms with Crippen molar-refractivity contribution in [1.82, 2.24) is 10.3 Å². The first kappa shape index (κ1) is 13.4. The largest absolute Gasteiger partial charge is 0.345 e. The van der Waals surface area contributed by atoms with Crippen molar-refractivity contribution in [2.45, 2.75) is 58.0 Å². The van der Waals surface area contributed by atoms with E-state index in [1.807, 2.05) is 18.4 Å². The number of hydrogen-bond donors (Lipinski definition) is 1. The van der Waals surface area contributed by atoms with Gasteiger partial charge in [0, 0.05) is 24.0 Å². The smallest absolute Gasteiger partial charge is 0.186 e. The number of hydrogen-bond acceptors (Lipinski definition) is 4. The highest BCUT2D eigenvalue weighted by molar-refractivity contribution is 7.15. The molecule has 106 valence electrons. The highest BCUT2D eigenvalue weighted by atomic mass is 32.1. The van der Waals surface area contributed by atoms with Gasteiger partial charge in [-0.2, -0.15) is 0 Å². The summed E-state index contributed by atoms with van der Waals surface area (Å²) in [7, 11) is 2.02. The fraction of sp³-hybridized carbons (Fsp3) is 0.800. The zero-order valence-corrected chi connectivity index (χ0v) is 12.9. The van der Waals surface area contributed by atoms with Crippen molar-refractivity contribution in [3.8, 4) is 0 Å². The van der Waals surface area contributed by atoms with Gasteiger partial charge in [-0.05, 0) is 45.1 Å². The summed E-state index contributed by atoms with van der Waals surface area (Å²) in [5.41, 5.74) is 1.30. The molecule has 3 nitrogen and oxygen atoms in total. The fourth-order valence-electron chi connectivity index (χ4n) is 3.76. The van der Waals surface area contributed by atoms with Gasteiger partial charge in [-0.15, -0.1) is 11.3 Å². The summed E-state index contributed by atoms with van der Waals surface area (Å²) >= 11 is 1.92. The van der Waals surface area contributed by atoms with Gasteiger partial charge >= 0.3 is 0 Å². The molecule has 2 unspecified atom stereocenters. The van der Waals surface area contributed by atoms with Gasteiger partial charge in [0.05, 0.1) is 5.69 Å². The molecule has 0 spiro atoms. The fourth-order valence-corrected chi connectivity index (χ4v) is 5.00. The minimum Gasteiger partial charge on any atom is -0.345 e. The van der Waals surface area contributed by atoms with Crippen molar-refractivity contribution in [2.24, 2.45) is 5.92 Å². The first-order valence-electron chi connectivity index (χ1n) is 7.73. The van der Waals surface area contributed by atoms with Crippen molar-refractivity contribution in [1.29, 1.82) is 0 Å². The molecule has 2 aliphatic rings. The highest BCUT2D eigenvalue weighted by Gasteiger charge is 2.36. The molecule has 1 saturated heterocycles. The molecule has 0 aromatic carbocycles. The van der Waals surface area contributed by atoms with E-state index in [0.29, 0.717) is 0 Å². The van der Waals surface area contributed by atoms with Gasteiger partial charge in [-0.25, -0.2) is 4.98 Å². The molecule has 1 aromatic rings. The zero-order chi connectivity index (χ0) is 13.2. The van der Waals surface area contributed by atoms with Crippen LogP contribution in [0, 0.1) is 5.92 Å². The lowest BCUT2D eigenvalue weighted by Gasteiger charge is -2.37. The maximum Gasteiger partial charge on any atom is 0.186 e. The number of aromatic nitrogens is 1. The summed E-state index contributed by atoms with van der Waals surface area (Å²) < 4.78 is 0. The standard InChI is InChI=1S/C15H25N3S/c1-3-12-14(10-16-2)19-15(17-12)18-9-5-7-11-6-4-8-13(11)18/h11,13,16H,3-10H2,1-2H3. The van der Waals surface area contributed by atoms with Crippen LogP contribution in [0.4, 0.5) is 5.13 Å². The predicted octanol–water partition coefficient (Wildman–Crippen LogP) is 3.19. The molecular formula is C15H25N3S. The predicted molar refractivity (Wildman–Crippen MR) is 82.0 cm³/mol. The molecule has 0 bridgehead atoms. The Labute approximate surface area is 120 Å². The Bertz CT molecular complexity index is 429. The monoisotopic (exact) mass is 279 g/mol. The van der Waals surface area contributed by atoms with Gasteiger partial charge in [0.1, 0.15) is 0 Å². The molecule has 1 aliphatic heterocycles. The third kappa shape index (κ3) is 2.52. The Hall–Kier alpha value is -0.610. The maximum atomic E-state index is 4.94. The van der Waals surface area contributed by atoms with Crippen molar-refractivity contribution in [3.05, 3.63) is 10.6 Å². The summed E-state index contributed by atoms with van der Waals surface area (Å²) in [5, 5.41) is 4.56. The lowest BCUT2D eigenvalue weighted by molar-refractivity contribution is 0.362. The summed E-state index contributed by atoms with van der Waals surface area (Å²) in [6.45, 7) is 4.40. The Morgan fingerprint density at radius 3 is 2.95 bits per heavy atom. The number of piperidine rings is 1. The molecule has 4 heteroatoms. The topological polar surface area (TPSA) is 28.2 Å². The summed E-state index contributed by atoms with van der Waals surface area (Å²) in [5.74, 6) is 0.940. The van der Waals surface area contributed by atoms with Gasteiger partial charge in [0.15, 0.2) is 5.13 Å². The first-order chi connectivity index (χ1) is 9.33. The number of nitrogens with one attached hydrogen (secondary N) is 1. The quantitative estimate of drug-likeness (QED) is 0.917. The number of anilines is 1. The lowest BCUT2D eigenvalue weighted by Crippen LogP contribution is -2.42. The Morgan fingerprint density at radius 2 is 2.16 bits per heavy atom. The molecule has 3 rings (SSSR count). The van der Waals surface area contributed by atoms with E-state index in [-0.39, 0.29) is 0 Å². The van der Waals surface area contributed by atoms with E-state index in [1.54, 1.807) is 0 Å². The molecule has 2 fully saturated rings. The third-order valence-electron chi connectivity index (χ3n) is 4.68. The molecule has 1 saturated carbocycles. The van der Waals surface area contributed by atoms with E-state index < -0.39 is 0 Å². The van der Waals surface area contributed by atoms with Crippen molar-refractivity contribution in [3.63, 3.8) is 0 Å². The van der Waals surface area contributed by atoms with Crippen molar-refractivity contribution >= 4 is 16.5 Å². The number of rotatable bonds is 4. The minimum atomic E-state index is 0.784. The summed E-state index contributed by atoms with van der Waals surface area (Å²) in [6.07, 6.45) is 8.08. The van der Waals surface area contributed by atoms with Crippen LogP contribution in [-0.2, 0) is 13.0 Å². The molecule has 2 atom stereocenters. The van der Waals surface area contributed by atoms with Gasteiger partial charge in [-0.1, -0.05) is 13.3 Å². The molecule has 0 radical (unpaired) electrons. The molecule has 1 N–H and O–H groups in total. The Balaban J connectivity index is 1.84. The maximum absolute atomic E-state index is 4.94. The molecule has 1 aromatic heterocycles. The molecule has 1 aliphatic carbocycles. The van der Waals surface area contributed by atoms with Gasteiger partial charge in [-0.3, -0.25) is 0 Å². The van der Waals surface area contributed by atoms with Crippen molar-refractivity contribution < 1.29 is 0 Å². The number of fused-ring (bicyclic) bond motifs is 1. The lowest BCUT2D eigenvalue weighted by atomic mass is 9.92. The van der Waals surface area contributed by atoms with Crippen LogP contribution < -0.4 is 10.2 Å². The van der Waals surface area contributed by atoms with E-state index in [0.717, 1.165) is 24.9 Å². The van der Waals surface area contributed by atoms with E-state index in [1.165, 1.54) is 54.4 Å². The highest BCUT2D eigenvalue weighted by Crippen LogP contribution is 2.40. The average Bonchev–Trinajstić information content (AvgIpc) is 3.04. The number of nitrogens with zero attached hydrogens (tertiary/aromatic N) is 2. The summed E-state index contributed by atoms with van der Waals surface area (Å²) in [6, 6.07) is 0.784. The normalized spacial score (nSPS) is 26.7. The van der Waals surface area contributed by atoms with Gasteiger partial charge in [0.25, 0.3) is 0 Å². The van der Waals surface area contributed by atoms with Gasteiger partial charge in [0.2, 0.25) is 0 Å². The van der Waals surface area contributed by atoms with E-state index >= 15 is 0 Å². The van der Waals surface area contributed by atoms with Crippen LogP contribution in [0.15, 0.2) is 0 Å². The third-order valence-corrected chi connectivity index (χ3v) is 5.81. The molecule has 2 heterocycles. The minimum absolute atomic E-state index is 0.784. The Kier molecular flexibility index (Phi) is 4.08. The van der Waals surface area contributed by atoms with Crippen LogP contribution in [0.5, 0.6) is 0 Å². The SMILES string of the molecule is CCc1nc(N2CCCC3CCCC32)sc1CNC. The second-order valence-electron chi connectivity index (χ2n) is 5.84. The molecule has 0 amide bonds. The second kappa shape index (κ2) is 5.80.